The first-order chi connectivity index (χ1) is 19.8. The van der Waals surface area contributed by atoms with Crippen molar-refractivity contribution in [1.82, 2.24) is 19.4 Å². The number of ether oxygens (including phenoxy) is 1. The Bertz CT molecular complexity index is 1680. The number of anilines is 1. The van der Waals surface area contributed by atoms with Gasteiger partial charge in [0.05, 0.1) is 23.1 Å². The number of halogens is 3. The molecule has 0 saturated carbocycles. The summed E-state index contributed by atoms with van der Waals surface area (Å²) in [6, 6.07) is 7.60. The minimum absolute atomic E-state index is 0.00470. The van der Waals surface area contributed by atoms with E-state index >= 15 is 0 Å². The second-order valence-corrected chi connectivity index (χ2v) is 10.6. The molecule has 0 N–H and O–H groups in total. The first-order valence-corrected chi connectivity index (χ1v) is 13.5. The molecule has 0 unspecified atom stereocenters. The fourth-order valence-corrected chi connectivity index (χ4v) is 5.74. The van der Waals surface area contributed by atoms with Gasteiger partial charge in [0.25, 0.3) is 0 Å². The number of hydrogen-bond acceptors (Lipinski definition) is 8. The summed E-state index contributed by atoms with van der Waals surface area (Å²) in [5.41, 5.74) is 2.00. The molecule has 1 atom stereocenters. The molecule has 3 aromatic heterocycles. The Kier molecular flexibility index (Phi) is 7.26. The van der Waals surface area contributed by atoms with Gasteiger partial charge >= 0.3 is 5.82 Å². The molecule has 212 valence electrons. The van der Waals surface area contributed by atoms with E-state index in [0.717, 1.165) is 36.7 Å². The Labute approximate surface area is 237 Å². The van der Waals surface area contributed by atoms with Gasteiger partial charge in [-0.05, 0) is 46.5 Å². The van der Waals surface area contributed by atoms with E-state index in [1.807, 2.05) is 6.07 Å². The maximum Gasteiger partial charge on any atom is 0.363 e. The molecule has 13 heteroatoms. The summed E-state index contributed by atoms with van der Waals surface area (Å²) in [4.78, 5) is 36.6. The Morgan fingerprint density at radius 2 is 2.00 bits per heavy atom. The summed E-state index contributed by atoms with van der Waals surface area (Å²) < 4.78 is 36.0. The van der Waals surface area contributed by atoms with Gasteiger partial charge in [-0.2, -0.15) is 4.39 Å². The highest BCUT2D eigenvalue weighted by molar-refractivity contribution is 6.29. The maximum absolute atomic E-state index is 14.5. The molecule has 1 fully saturated rings. The van der Waals surface area contributed by atoms with Crippen LogP contribution in [0.4, 0.5) is 20.3 Å². The molecule has 5 heterocycles. The first kappa shape index (κ1) is 27.0. The van der Waals surface area contributed by atoms with Gasteiger partial charge in [-0.1, -0.05) is 17.7 Å². The maximum atomic E-state index is 14.5. The molecular formula is C28H25ClF2N6O4. The zero-order valence-corrected chi connectivity index (χ0v) is 22.6. The average Bonchev–Trinajstić information content (AvgIpc) is 2.98. The van der Waals surface area contributed by atoms with E-state index < -0.39 is 16.6 Å². The molecule has 0 amide bonds. The average molecular weight is 583 g/mol. The van der Waals surface area contributed by atoms with Crippen molar-refractivity contribution in [2.24, 2.45) is 0 Å². The van der Waals surface area contributed by atoms with Gasteiger partial charge in [-0.25, -0.2) is 9.37 Å². The van der Waals surface area contributed by atoms with Gasteiger partial charge < -0.3 is 24.3 Å². The topological polar surface area (TPSA) is 107 Å². The number of nitro groups is 1. The fraction of sp³-hybridized carbons (Fsp3) is 0.321. The Hall–Kier alpha value is -4.16. The van der Waals surface area contributed by atoms with Crippen molar-refractivity contribution in [2.75, 3.05) is 24.6 Å². The van der Waals surface area contributed by atoms with Crippen LogP contribution in [0.5, 0.6) is 5.75 Å². The number of aromatic nitrogens is 3. The van der Waals surface area contributed by atoms with Gasteiger partial charge in [-0.3, -0.25) is 9.69 Å². The number of pyridine rings is 3. The summed E-state index contributed by atoms with van der Waals surface area (Å²) in [5.74, 6) is -2.68. The molecule has 1 saturated heterocycles. The highest BCUT2D eigenvalue weighted by Crippen LogP contribution is 2.33. The van der Waals surface area contributed by atoms with E-state index in [4.69, 9.17) is 16.3 Å². The third-order valence-electron chi connectivity index (χ3n) is 7.61. The lowest BCUT2D eigenvalue weighted by Crippen LogP contribution is -2.48. The Morgan fingerprint density at radius 1 is 1.15 bits per heavy atom. The van der Waals surface area contributed by atoms with Gasteiger partial charge in [0.2, 0.25) is 5.82 Å². The normalized spacial score (nSPS) is 16.7. The van der Waals surface area contributed by atoms with Crippen LogP contribution in [0.25, 0.3) is 10.9 Å². The number of rotatable bonds is 7. The van der Waals surface area contributed by atoms with Gasteiger partial charge in [0, 0.05) is 56.2 Å². The molecule has 2 aliphatic heterocycles. The molecule has 1 aromatic carbocycles. The quantitative estimate of drug-likeness (QED) is 0.175. The molecule has 0 spiro atoms. The van der Waals surface area contributed by atoms with E-state index in [1.165, 1.54) is 12.3 Å². The van der Waals surface area contributed by atoms with Gasteiger partial charge in [0.15, 0.2) is 23.2 Å². The molecule has 0 bridgehead atoms. The van der Waals surface area contributed by atoms with Crippen LogP contribution in [-0.2, 0) is 19.6 Å². The van der Waals surface area contributed by atoms with Crippen LogP contribution in [0.15, 0.2) is 53.7 Å². The van der Waals surface area contributed by atoms with Crippen LogP contribution in [-0.4, -0.2) is 50.1 Å². The minimum atomic E-state index is -1.13. The zero-order valence-electron chi connectivity index (χ0n) is 21.8. The molecular weight excluding hydrogens is 558 g/mol. The van der Waals surface area contributed by atoms with E-state index in [2.05, 4.69) is 19.8 Å². The largest absolute Gasteiger partial charge is 0.486 e. The predicted molar refractivity (Wildman–Crippen MR) is 148 cm³/mol. The summed E-state index contributed by atoms with van der Waals surface area (Å²) in [7, 11) is 0. The van der Waals surface area contributed by atoms with E-state index in [9.17, 15) is 23.7 Å². The minimum Gasteiger partial charge on any atom is -0.486 e. The summed E-state index contributed by atoms with van der Waals surface area (Å²) in [5, 5.41) is 11.5. The van der Waals surface area contributed by atoms with Crippen molar-refractivity contribution < 1.29 is 18.4 Å². The lowest BCUT2D eigenvalue weighted by molar-refractivity contribution is -0.389. The molecule has 0 radical (unpaired) electrons. The molecule has 41 heavy (non-hydrogen) atoms. The lowest BCUT2D eigenvalue weighted by atomic mass is 10.0. The van der Waals surface area contributed by atoms with Crippen molar-refractivity contribution in [1.29, 1.82) is 0 Å². The van der Waals surface area contributed by atoms with Crippen molar-refractivity contribution in [3.63, 3.8) is 0 Å². The number of benzene rings is 1. The molecule has 0 aliphatic carbocycles. The van der Waals surface area contributed by atoms with Crippen molar-refractivity contribution in [3.8, 4) is 5.75 Å². The molecule has 6 rings (SSSR count). The summed E-state index contributed by atoms with van der Waals surface area (Å²) in [6.45, 7) is 2.62. The van der Waals surface area contributed by atoms with Crippen molar-refractivity contribution >= 4 is 34.0 Å². The first-order valence-electron chi connectivity index (χ1n) is 13.1. The highest BCUT2D eigenvalue weighted by atomic mass is 35.5. The summed E-state index contributed by atoms with van der Waals surface area (Å²) in [6.07, 6.45) is 6.60. The Balaban J connectivity index is 1.35. The van der Waals surface area contributed by atoms with E-state index in [0.29, 0.717) is 30.4 Å². The van der Waals surface area contributed by atoms with Crippen LogP contribution in [0.1, 0.15) is 24.0 Å². The van der Waals surface area contributed by atoms with Crippen LogP contribution in [0.3, 0.4) is 0 Å². The van der Waals surface area contributed by atoms with Crippen LogP contribution < -0.4 is 15.1 Å². The van der Waals surface area contributed by atoms with Gasteiger partial charge in [-0.15, -0.1) is 0 Å². The standard InChI is InChI=1S/C28H25ClF2N6O4/c29-23-5-3-17(11-32-23)13-36(20-2-1-7-34(16-20)19-4-6-24(33-12-19)37(39)40)15-18-14-35-8-9-41-28-25(31)22(30)10-21(26(28)35)27(18)38/h3-6,10-12,14,20H,1-2,7-9,13,15-16H2/t20-/m0/s1. The van der Waals surface area contributed by atoms with Crippen LogP contribution >= 0.6 is 11.6 Å². The number of nitrogens with zero attached hydrogens (tertiary/aromatic N) is 6. The smallest absolute Gasteiger partial charge is 0.363 e. The Morgan fingerprint density at radius 3 is 2.73 bits per heavy atom. The molecule has 4 aromatic rings. The fourth-order valence-electron chi connectivity index (χ4n) is 5.63. The predicted octanol–water partition coefficient (Wildman–Crippen LogP) is 4.69. The number of piperidine rings is 1. The second-order valence-electron chi connectivity index (χ2n) is 10.2. The third kappa shape index (κ3) is 5.32. The zero-order chi connectivity index (χ0) is 28.7. The summed E-state index contributed by atoms with van der Waals surface area (Å²) >= 11 is 6.00. The van der Waals surface area contributed by atoms with Crippen LogP contribution in [0.2, 0.25) is 5.15 Å². The number of hydrogen-bond donors (Lipinski definition) is 0. The molecule has 2 aliphatic rings. The SMILES string of the molecule is O=c1c(CN(Cc2ccc(Cl)nc2)[C@H]2CCCN(c3ccc([N+](=O)[O-])nc3)C2)cn2c3c(c(F)c(F)cc13)OCC2. The highest BCUT2D eigenvalue weighted by Gasteiger charge is 2.29. The lowest BCUT2D eigenvalue weighted by Gasteiger charge is -2.40. The van der Waals surface area contributed by atoms with Crippen molar-refractivity contribution in [2.45, 2.75) is 38.5 Å². The molecule has 10 nitrogen and oxygen atoms in total. The second kappa shape index (κ2) is 11.0. The van der Waals surface area contributed by atoms with E-state index in [1.54, 1.807) is 29.1 Å². The third-order valence-corrected chi connectivity index (χ3v) is 7.83. The van der Waals surface area contributed by atoms with E-state index in [-0.39, 0.29) is 47.1 Å². The van der Waals surface area contributed by atoms with Gasteiger partial charge in [0.1, 0.15) is 11.8 Å². The van der Waals surface area contributed by atoms with Crippen LogP contribution in [0, 0.1) is 21.7 Å². The van der Waals surface area contributed by atoms with Crippen molar-refractivity contribution in [3.05, 3.63) is 97.2 Å². The monoisotopic (exact) mass is 582 g/mol.